The fraction of sp³-hybridized carbons (Fsp3) is 0.273. The molecule has 0 amide bonds. The molecule has 4 aromatic rings. The minimum atomic E-state index is -0.750. The molecular weight excluding hydrogens is 370 g/mol. The van der Waals surface area contributed by atoms with Gasteiger partial charge in [-0.2, -0.15) is 0 Å². The molecule has 0 unspecified atom stereocenters. The summed E-state index contributed by atoms with van der Waals surface area (Å²) in [4.78, 5) is 15.6. The number of aliphatic carboxylic acids is 1. The second kappa shape index (κ2) is 7.72. The molecule has 0 fully saturated rings. The van der Waals surface area contributed by atoms with Gasteiger partial charge in [0.05, 0.1) is 17.6 Å². The van der Waals surface area contributed by atoms with E-state index in [-0.39, 0.29) is 6.42 Å². The maximum Gasteiger partial charge on any atom is 0.303 e. The van der Waals surface area contributed by atoms with Crippen LogP contribution in [-0.4, -0.2) is 30.9 Å². The summed E-state index contributed by atoms with van der Waals surface area (Å²) in [6, 6.07) is 14.7. The molecule has 1 N–H and O–H groups in total. The third kappa shape index (κ3) is 3.64. The van der Waals surface area contributed by atoms with Crippen LogP contribution in [0.1, 0.15) is 24.0 Å². The van der Waals surface area contributed by atoms with Crippen molar-refractivity contribution in [1.29, 1.82) is 0 Å². The molecule has 0 bridgehead atoms. The second-order valence-electron chi connectivity index (χ2n) is 7.10. The average molecular weight is 394 g/mol. The number of benzene rings is 2. The van der Waals surface area contributed by atoms with E-state index in [4.69, 9.17) is 10.1 Å². The molecule has 0 aliphatic rings. The Labute approximate surface area is 168 Å². The number of fused-ring (bicyclic) bond motifs is 2. The molecule has 6 heteroatoms. The van der Waals surface area contributed by atoms with Crippen molar-refractivity contribution >= 4 is 39.7 Å². The number of imidazole rings is 1. The Morgan fingerprint density at radius 2 is 2.00 bits per heavy atom. The summed E-state index contributed by atoms with van der Waals surface area (Å²) < 4.78 is 4.42. The number of carboxylic acid groups (broad SMARTS) is 1. The van der Waals surface area contributed by atoms with Crippen LogP contribution < -0.4 is 0 Å². The van der Waals surface area contributed by atoms with Crippen LogP contribution >= 0.6 is 11.8 Å². The second-order valence-corrected chi connectivity index (χ2v) is 8.16. The predicted octanol–water partition coefficient (Wildman–Crippen LogP) is 4.84. The predicted molar refractivity (Wildman–Crippen MR) is 114 cm³/mol. The maximum atomic E-state index is 10.8. The van der Waals surface area contributed by atoms with Gasteiger partial charge in [0.15, 0.2) is 5.16 Å². The molecule has 0 aliphatic carbocycles. The number of aryl methyl sites for hydroxylation is 2. The van der Waals surface area contributed by atoms with Crippen molar-refractivity contribution in [2.75, 3.05) is 5.75 Å². The average Bonchev–Trinajstić information content (AvgIpc) is 3.17. The van der Waals surface area contributed by atoms with Crippen molar-refractivity contribution in [2.45, 2.75) is 31.5 Å². The first kappa shape index (κ1) is 18.6. The minimum Gasteiger partial charge on any atom is -0.481 e. The highest BCUT2D eigenvalue weighted by Crippen LogP contribution is 2.29. The normalized spacial score (nSPS) is 11.5. The number of thioether (sulfide) groups is 1. The highest BCUT2D eigenvalue weighted by atomic mass is 32.2. The van der Waals surface area contributed by atoms with Crippen molar-refractivity contribution in [3.63, 3.8) is 0 Å². The van der Waals surface area contributed by atoms with E-state index < -0.39 is 5.97 Å². The summed E-state index contributed by atoms with van der Waals surface area (Å²) >= 11 is 1.63. The van der Waals surface area contributed by atoms with E-state index in [0.717, 1.165) is 28.5 Å². The van der Waals surface area contributed by atoms with Crippen LogP contribution in [-0.2, 0) is 18.4 Å². The Morgan fingerprint density at radius 1 is 1.18 bits per heavy atom. The number of para-hydroxylation sites is 2. The summed E-state index contributed by atoms with van der Waals surface area (Å²) in [5, 5.41) is 11.1. The van der Waals surface area contributed by atoms with Gasteiger partial charge >= 0.3 is 5.97 Å². The Hall–Kier alpha value is -2.73. The van der Waals surface area contributed by atoms with Crippen molar-refractivity contribution in [2.24, 2.45) is 7.05 Å². The van der Waals surface area contributed by atoms with Gasteiger partial charge < -0.3 is 14.2 Å². The first-order valence-electron chi connectivity index (χ1n) is 9.37. The minimum absolute atomic E-state index is 0.190. The van der Waals surface area contributed by atoms with Gasteiger partial charge in [0.2, 0.25) is 0 Å². The lowest BCUT2D eigenvalue weighted by atomic mass is 10.1. The number of hydrogen-bond acceptors (Lipinski definition) is 3. The Balaban J connectivity index is 1.70. The van der Waals surface area contributed by atoms with Gasteiger partial charge in [-0.1, -0.05) is 35.5 Å². The number of nitrogens with zero attached hydrogens (tertiary/aromatic N) is 3. The van der Waals surface area contributed by atoms with Crippen LogP contribution in [0.25, 0.3) is 21.9 Å². The van der Waals surface area contributed by atoms with E-state index >= 15 is 0 Å². The van der Waals surface area contributed by atoms with Crippen molar-refractivity contribution in [3.05, 3.63) is 59.8 Å². The van der Waals surface area contributed by atoms with Crippen LogP contribution in [0.3, 0.4) is 0 Å². The fourth-order valence-corrected chi connectivity index (χ4v) is 4.54. The molecule has 28 heavy (non-hydrogen) atoms. The largest absolute Gasteiger partial charge is 0.481 e. The van der Waals surface area contributed by atoms with Crippen LogP contribution in [0, 0.1) is 6.92 Å². The SMILES string of the molecule is Cc1ccc2c(c1)c(Cn1c(SCCCC(=O)O)nc3ccccc31)cn2C. The van der Waals surface area contributed by atoms with Gasteiger partial charge in [0.1, 0.15) is 0 Å². The standard InChI is InChI=1S/C22H23N3O2S/c1-15-9-10-19-17(12-15)16(13-24(19)2)14-25-20-7-4-3-6-18(20)23-22(25)28-11-5-8-21(26)27/h3-4,6-7,9-10,12-13H,5,8,11,14H2,1-2H3,(H,26,27). The van der Waals surface area contributed by atoms with Crippen LogP contribution in [0.2, 0.25) is 0 Å². The molecule has 0 saturated heterocycles. The lowest BCUT2D eigenvalue weighted by Crippen LogP contribution is -2.02. The zero-order valence-electron chi connectivity index (χ0n) is 16.1. The van der Waals surface area contributed by atoms with Crippen LogP contribution in [0.5, 0.6) is 0 Å². The molecule has 5 nitrogen and oxygen atoms in total. The number of hydrogen-bond donors (Lipinski definition) is 1. The maximum absolute atomic E-state index is 10.8. The van der Waals surface area contributed by atoms with Gasteiger partial charge in [-0.05, 0) is 43.2 Å². The molecule has 2 aromatic carbocycles. The molecule has 144 valence electrons. The third-order valence-corrected chi connectivity index (χ3v) is 6.00. The van der Waals surface area contributed by atoms with E-state index in [0.29, 0.717) is 6.42 Å². The first-order valence-corrected chi connectivity index (χ1v) is 10.4. The van der Waals surface area contributed by atoms with E-state index in [1.165, 1.54) is 22.0 Å². The van der Waals surface area contributed by atoms with Crippen molar-refractivity contribution in [3.8, 4) is 0 Å². The first-order chi connectivity index (χ1) is 13.5. The summed E-state index contributed by atoms with van der Waals surface area (Å²) in [6.45, 7) is 2.86. The van der Waals surface area contributed by atoms with Crippen molar-refractivity contribution < 1.29 is 9.90 Å². The van der Waals surface area contributed by atoms with Crippen LogP contribution in [0.15, 0.2) is 53.8 Å². The molecule has 0 radical (unpaired) electrons. The Morgan fingerprint density at radius 3 is 2.82 bits per heavy atom. The lowest BCUT2D eigenvalue weighted by Gasteiger charge is -2.08. The molecule has 0 atom stereocenters. The van der Waals surface area contributed by atoms with Gasteiger partial charge in [0.25, 0.3) is 0 Å². The summed E-state index contributed by atoms with van der Waals surface area (Å²) in [6.07, 6.45) is 3.02. The van der Waals surface area contributed by atoms with Crippen LogP contribution in [0.4, 0.5) is 0 Å². The van der Waals surface area contributed by atoms with Gasteiger partial charge in [-0.3, -0.25) is 4.79 Å². The molecule has 2 heterocycles. The molecule has 0 spiro atoms. The zero-order valence-corrected chi connectivity index (χ0v) is 16.9. The van der Waals surface area contributed by atoms with E-state index in [1.807, 2.05) is 18.2 Å². The fourth-order valence-electron chi connectivity index (χ4n) is 3.59. The lowest BCUT2D eigenvalue weighted by molar-refractivity contribution is -0.137. The Bertz CT molecular complexity index is 1160. The van der Waals surface area contributed by atoms with Gasteiger partial charge in [-0.25, -0.2) is 4.98 Å². The molecule has 0 saturated carbocycles. The van der Waals surface area contributed by atoms with E-state index in [1.54, 1.807) is 11.8 Å². The number of aromatic nitrogens is 3. The molecule has 4 rings (SSSR count). The van der Waals surface area contributed by atoms with E-state index in [2.05, 4.69) is 53.6 Å². The van der Waals surface area contributed by atoms with Crippen molar-refractivity contribution in [1.82, 2.24) is 14.1 Å². The number of carboxylic acids is 1. The highest BCUT2D eigenvalue weighted by Gasteiger charge is 2.14. The molecule has 0 aliphatic heterocycles. The number of carbonyl (C=O) groups is 1. The summed E-state index contributed by atoms with van der Waals surface area (Å²) in [5.41, 5.74) is 5.81. The third-order valence-electron chi connectivity index (χ3n) is 4.94. The quantitative estimate of drug-likeness (QED) is 0.360. The van der Waals surface area contributed by atoms with Gasteiger partial charge in [0, 0.05) is 36.3 Å². The Kier molecular flexibility index (Phi) is 5.13. The topological polar surface area (TPSA) is 60.1 Å². The monoisotopic (exact) mass is 393 g/mol. The molecular formula is C22H23N3O2S. The number of rotatable bonds is 7. The van der Waals surface area contributed by atoms with Gasteiger partial charge in [-0.15, -0.1) is 0 Å². The molecule has 2 aromatic heterocycles. The zero-order chi connectivity index (χ0) is 19.7. The smallest absolute Gasteiger partial charge is 0.303 e. The highest BCUT2D eigenvalue weighted by molar-refractivity contribution is 7.99. The summed E-state index contributed by atoms with van der Waals surface area (Å²) in [7, 11) is 2.08. The van der Waals surface area contributed by atoms with E-state index in [9.17, 15) is 4.79 Å². The summed E-state index contributed by atoms with van der Waals surface area (Å²) in [5.74, 6) is -0.00944.